The molecule has 2 amide bonds. The Balaban J connectivity index is 1.61. The lowest BCUT2D eigenvalue weighted by Crippen LogP contribution is -2.55. The molecule has 0 aromatic heterocycles. The Morgan fingerprint density at radius 3 is 2.45 bits per heavy atom. The fraction of sp³-hybridized carbons (Fsp3) is 0.423. The molecule has 1 N–H and O–H groups in total. The summed E-state index contributed by atoms with van der Waals surface area (Å²) in [4.78, 5) is 42.2. The van der Waals surface area contributed by atoms with Gasteiger partial charge in [0.05, 0.1) is 5.56 Å². The molecule has 0 spiro atoms. The number of hydrogen-bond donors (Lipinski definition) is 1. The van der Waals surface area contributed by atoms with Gasteiger partial charge in [0.2, 0.25) is 5.91 Å². The first-order valence-corrected chi connectivity index (χ1v) is 11.6. The SMILES string of the molecule is Cc1ccccc1Oc1ccc2c(c1)C(=O)N([C@@H](C(=O)N1CCC(=O)CC1)C(C)C)CCN2. The maximum absolute atomic E-state index is 13.7. The lowest BCUT2D eigenvalue weighted by atomic mass is 9.98. The van der Waals surface area contributed by atoms with Crippen molar-refractivity contribution in [1.29, 1.82) is 0 Å². The first kappa shape index (κ1) is 22.8. The molecular weight excluding hydrogens is 418 g/mol. The lowest BCUT2D eigenvalue weighted by molar-refractivity contribution is -0.140. The van der Waals surface area contributed by atoms with Gasteiger partial charge in [-0.15, -0.1) is 0 Å². The molecular formula is C26H31N3O4. The quantitative estimate of drug-likeness (QED) is 0.750. The zero-order valence-corrected chi connectivity index (χ0v) is 19.5. The van der Waals surface area contributed by atoms with Crippen LogP contribution < -0.4 is 10.1 Å². The number of nitrogens with one attached hydrogen (secondary N) is 1. The Hall–Kier alpha value is -3.35. The molecule has 0 radical (unpaired) electrons. The van der Waals surface area contributed by atoms with Crippen molar-refractivity contribution in [3.05, 3.63) is 53.6 Å². The molecule has 0 unspecified atom stereocenters. The monoisotopic (exact) mass is 449 g/mol. The first-order valence-electron chi connectivity index (χ1n) is 11.6. The molecule has 1 atom stereocenters. The number of carbonyl (C=O) groups excluding carboxylic acids is 3. The predicted molar refractivity (Wildman–Crippen MR) is 127 cm³/mol. The van der Waals surface area contributed by atoms with Crippen LogP contribution in [0.3, 0.4) is 0 Å². The van der Waals surface area contributed by atoms with Crippen molar-refractivity contribution in [2.45, 2.75) is 39.7 Å². The van der Waals surface area contributed by atoms with Crippen molar-refractivity contribution in [3.63, 3.8) is 0 Å². The topological polar surface area (TPSA) is 79.0 Å². The van der Waals surface area contributed by atoms with Gasteiger partial charge in [-0.1, -0.05) is 32.0 Å². The summed E-state index contributed by atoms with van der Waals surface area (Å²) in [6, 6.07) is 12.6. The molecule has 2 aliphatic rings. The van der Waals surface area contributed by atoms with Crippen LogP contribution in [0.1, 0.15) is 42.6 Å². The molecule has 0 aliphatic carbocycles. The number of benzene rings is 2. The van der Waals surface area contributed by atoms with Gasteiger partial charge in [-0.05, 0) is 42.7 Å². The van der Waals surface area contributed by atoms with E-state index in [2.05, 4.69) is 5.32 Å². The number of hydrogen-bond acceptors (Lipinski definition) is 5. The minimum Gasteiger partial charge on any atom is -0.457 e. The number of rotatable bonds is 5. The van der Waals surface area contributed by atoms with E-state index < -0.39 is 6.04 Å². The molecule has 0 saturated carbocycles. The number of piperidine rings is 1. The first-order chi connectivity index (χ1) is 15.8. The molecule has 1 saturated heterocycles. The molecule has 1 fully saturated rings. The number of ether oxygens (including phenoxy) is 1. The number of nitrogens with zero attached hydrogens (tertiary/aromatic N) is 2. The number of ketones is 1. The number of Topliss-reactive ketones (excluding diaryl/α,β-unsaturated/α-hetero) is 1. The molecule has 33 heavy (non-hydrogen) atoms. The average molecular weight is 450 g/mol. The summed E-state index contributed by atoms with van der Waals surface area (Å²) in [6.07, 6.45) is 0.767. The minimum absolute atomic E-state index is 0.0629. The lowest BCUT2D eigenvalue weighted by Gasteiger charge is -2.37. The highest BCUT2D eigenvalue weighted by atomic mass is 16.5. The van der Waals surface area contributed by atoms with E-state index in [4.69, 9.17) is 4.74 Å². The number of likely N-dealkylation sites (tertiary alicyclic amines) is 1. The molecule has 2 aromatic carbocycles. The van der Waals surface area contributed by atoms with Gasteiger partial charge in [-0.2, -0.15) is 0 Å². The van der Waals surface area contributed by atoms with Gasteiger partial charge in [-0.3, -0.25) is 14.4 Å². The van der Waals surface area contributed by atoms with E-state index in [0.29, 0.717) is 50.3 Å². The zero-order chi connectivity index (χ0) is 23.5. The summed E-state index contributed by atoms with van der Waals surface area (Å²) in [5.41, 5.74) is 2.23. The summed E-state index contributed by atoms with van der Waals surface area (Å²) in [5.74, 6) is 1.16. The Morgan fingerprint density at radius 2 is 1.76 bits per heavy atom. The van der Waals surface area contributed by atoms with Crippen LogP contribution in [0.25, 0.3) is 0 Å². The largest absolute Gasteiger partial charge is 0.457 e. The molecule has 2 aromatic rings. The van der Waals surface area contributed by atoms with Crippen LogP contribution in [-0.2, 0) is 9.59 Å². The average Bonchev–Trinajstić information content (AvgIpc) is 2.95. The molecule has 174 valence electrons. The fourth-order valence-corrected chi connectivity index (χ4v) is 4.49. The highest BCUT2D eigenvalue weighted by Crippen LogP contribution is 2.31. The van der Waals surface area contributed by atoms with Gasteiger partial charge in [0.15, 0.2) is 0 Å². The second kappa shape index (κ2) is 9.65. The van der Waals surface area contributed by atoms with Crippen LogP contribution >= 0.6 is 0 Å². The van der Waals surface area contributed by atoms with E-state index in [0.717, 1.165) is 17.0 Å². The number of para-hydroxylation sites is 1. The second-order valence-corrected chi connectivity index (χ2v) is 9.05. The van der Waals surface area contributed by atoms with Crippen LogP contribution in [-0.4, -0.2) is 59.6 Å². The summed E-state index contributed by atoms with van der Waals surface area (Å²) < 4.78 is 6.05. The third-order valence-corrected chi connectivity index (χ3v) is 6.32. The third kappa shape index (κ3) is 4.87. The van der Waals surface area contributed by atoms with E-state index in [1.54, 1.807) is 15.9 Å². The van der Waals surface area contributed by atoms with Gasteiger partial charge in [0.25, 0.3) is 5.91 Å². The van der Waals surface area contributed by atoms with Crippen molar-refractivity contribution in [1.82, 2.24) is 9.80 Å². The van der Waals surface area contributed by atoms with Crippen LogP contribution in [0.15, 0.2) is 42.5 Å². The van der Waals surface area contributed by atoms with Gasteiger partial charge in [-0.25, -0.2) is 0 Å². The second-order valence-electron chi connectivity index (χ2n) is 9.05. The van der Waals surface area contributed by atoms with Crippen molar-refractivity contribution >= 4 is 23.3 Å². The Morgan fingerprint density at radius 1 is 1.03 bits per heavy atom. The van der Waals surface area contributed by atoms with Crippen LogP contribution in [0.4, 0.5) is 5.69 Å². The maximum atomic E-state index is 13.7. The summed E-state index contributed by atoms with van der Waals surface area (Å²) in [5, 5.41) is 3.32. The van der Waals surface area contributed by atoms with Crippen molar-refractivity contribution in [2.24, 2.45) is 5.92 Å². The fourth-order valence-electron chi connectivity index (χ4n) is 4.49. The molecule has 2 heterocycles. The van der Waals surface area contributed by atoms with Crippen LogP contribution in [0.2, 0.25) is 0 Å². The number of amides is 2. The third-order valence-electron chi connectivity index (χ3n) is 6.32. The van der Waals surface area contributed by atoms with Crippen molar-refractivity contribution in [2.75, 3.05) is 31.5 Å². The molecule has 7 heteroatoms. The van der Waals surface area contributed by atoms with E-state index in [-0.39, 0.29) is 23.5 Å². The summed E-state index contributed by atoms with van der Waals surface area (Å²) in [7, 11) is 0. The van der Waals surface area contributed by atoms with Gasteiger partial charge >= 0.3 is 0 Å². The summed E-state index contributed by atoms with van der Waals surface area (Å²) >= 11 is 0. The Bertz CT molecular complexity index is 1060. The number of carbonyl (C=O) groups is 3. The van der Waals surface area contributed by atoms with E-state index in [9.17, 15) is 14.4 Å². The van der Waals surface area contributed by atoms with Crippen molar-refractivity contribution in [3.8, 4) is 11.5 Å². The maximum Gasteiger partial charge on any atom is 0.256 e. The number of aryl methyl sites for hydroxylation is 1. The van der Waals surface area contributed by atoms with Gasteiger partial charge in [0.1, 0.15) is 23.3 Å². The van der Waals surface area contributed by atoms with Crippen molar-refractivity contribution < 1.29 is 19.1 Å². The normalized spacial score (nSPS) is 17.3. The number of fused-ring (bicyclic) bond motifs is 1. The van der Waals surface area contributed by atoms with Crippen LogP contribution in [0.5, 0.6) is 11.5 Å². The number of anilines is 1. The highest BCUT2D eigenvalue weighted by Gasteiger charge is 2.38. The zero-order valence-electron chi connectivity index (χ0n) is 19.5. The molecule has 0 bridgehead atoms. The molecule has 7 nitrogen and oxygen atoms in total. The highest BCUT2D eigenvalue weighted by molar-refractivity contribution is 6.03. The van der Waals surface area contributed by atoms with Crippen LogP contribution in [0, 0.1) is 12.8 Å². The standard InChI is InChI=1S/C26H31N3O4/c1-17(2)24(26(32)28-13-10-19(30)11-14-28)29-15-12-27-22-9-8-20(16-21(22)25(29)31)33-23-7-5-4-6-18(23)3/h4-9,16-17,24,27H,10-15H2,1-3H3/t24-/m1/s1. The minimum atomic E-state index is -0.584. The van der Waals surface area contributed by atoms with Gasteiger partial charge in [0, 0.05) is 44.7 Å². The Labute approximate surface area is 194 Å². The molecule has 4 rings (SSSR count). The van der Waals surface area contributed by atoms with E-state index in [1.807, 2.05) is 57.2 Å². The Kier molecular flexibility index (Phi) is 6.67. The molecule has 2 aliphatic heterocycles. The predicted octanol–water partition coefficient (Wildman–Crippen LogP) is 3.87. The van der Waals surface area contributed by atoms with Gasteiger partial charge < -0.3 is 19.9 Å². The van der Waals surface area contributed by atoms with E-state index in [1.165, 1.54) is 0 Å². The summed E-state index contributed by atoms with van der Waals surface area (Å²) in [6.45, 7) is 7.71. The van der Waals surface area contributed by atoms with E-state index >= 15 is 0 Å². The smallest absolute Gasteiger partial charge is 0.256 e.